The summed E-state index contributed by atoms with van der Waals surface area (Å²) in [6, 6.07) is 8.75. The Labute approximate surface area is 99.1 Å². The maximum Gasteiger partial charge on any atom is 0.328 e. The van der Waals surface area contributed by atoms with E-state index >= 15 is 0 Å². The quantitative estimate of drug-likeness (QED) is 0.567. The molecule has 94 valence electrons. The van der Waals surface area contributed by atoms with Crippen LogP contribution in [0.4, 0.5) is 0 Å². The Balaban J connectivity index is 2.61. The van der Waals surface area contributed by atoms with E-state index in [0.29, 0.717) is 5.56 Å². The Morgan fingerprint density at radius 3 is 2.41 bits per heavy atom. The standard InChI is InChI=1S/C10H13NO5S/c11-6-9(17(13,14)15)10(12)16-7-8-4-2-1-3-5-8/h1-5,9H,6-7,11H2,(H,13,14,15). The van der Waals surface area contributed by atoms with Gasteiger partial charge in [0.05, 0.1) is 0 Å². The van der Waals surface area contributed by atoms with Crippen molar-refractivity contribution >= 4 is 16.1 Å². The van der Waals surface area contributed by atoms with Crippen molar-refractivity contribution in [1.29, 1.82) is 0 Å². The molecule has 7 heteroatoms. The van der Waals surface area contributed by atoms with E-state index in [1.54, 1.807) is 30.3 Å². The largest absolute Gasteiger partial charge is 0.460 e. The first-order valence-corrected chi connectivity index (χ1v) is 6.32. The molecule has 0 aliphatic rings. The van der Waals surface area contributed by atoms with Gasteiger partial charge >= 0.3 is 5.97 Å². The molecule has 0 bridgehead atoms. The Hall–Kier alpha value is -1.44. The van der Waals surface area contributed by atoms with E-state index in [2.05, 4.69) is 0 Å². The van der Waals surface area contributed by atoms with Crippen LogP contribution in [-0.4, -0.2) is 30.7 Å². The Morgan fingerprint density at radius 2 is 1.94 bits per heavy atom. The third kappa shape index (κ3) is 4.14. The summed E-state index contributed by atoms with van der Waals surface area (Å²) in [5, 5.41) is -1.73. The molecule has 0 heterocycles. The van der Waals surface area contributed by atoms with Gasteiger partial charge in [-0.15, -0.1) is 0 Å². The zero-order chi connectivity index (χ0) is 12.9. The molecule has 1 atom stereocenters. The summed E-state index contributed by atoms with van der Waals surface area (Å²) >= 11 is 0. The number of ether oxygens (including phenoxy) is 1. The van der Waals surface area contributed by atoms with Gasteiger partial charge < -0.3 is 10.5 Å². The van der Waals surface area contributed by atoms with Crippen LogP contribution in [0.15, 0.2) is 30.3 Å². The normalized spacial score (nSPS) is 13.1. The zero-order valence-corrected chi connectivity index (χ0v) is 9.76. The summed E-state index contributed by atoms with van der Waals surface area (Å²) in [6.45, 7) is -0.585. The highest BCUT2D eigenvalue weighted by atomic mass is 32.2. The SMILES string of the molecule is NCC(C(=O)OCc1ccccc1)S(=O)(=O)O. The summed E-state index contributed by atoms with van der Waals surface area (Å²) in [6.07, 6.45) is 0. The third-order valence-electron chi connectivity index (χ3n) is 2.06. The van der Waals surface area contributed by atoms with Crippen molar-refractivity contribution in [1.82, 2.24) is 0 Å². The van der Waals surface area contributed by atoms with Crippen molar-refractivity contribution in [2.24, 2.45) is 5.73 Å². The topological polar surface area (TPSA) is 107 Å². The summed E-state index contributed by atoms with van der Waals surface area (Å²) < 4.78 is 35.1. The zero-order valence-electron chi connectivity index (χ0n) is 8.94. The van der Waals surface area contributed by atoms with E-state index in [-0.39, 0.29) is 6.61 Å². The average Bonchev–Trinajstić information content (AvgIpc) is 2.27. The van der Waals surface area contributed by atoms with Gasteiger partial charge in [-0.1, -0.05) is 30.3 Å². The lowest BCUT2D eigenvalue weighted by Crippen LogP contribution is -2.38. The van der Waals surface area contributed by atoms with Crippen molar-refractivity contribution in [3.63, 3.8) is 0 Å². The molecule has 1 rings (SSSR count). The van der Waals surface area contributed by atoms with Crippen LogP contribution in [0.1, 0.15) is 5.56 Å². The Kier molecular flexibility index (Phi) is 4.62. The minimum atomic E-state index is -4.52. The molecule has 1 unspecified atom stereocenters. The highest BCUT2D eigenvalue weighted by molar-refractivity contribution is 7.87. The van der Waals surface area contributed by atoms with E-state index in [4.69, 9.17) is 15.0 Å². The third-order valence-corrected chi connectivity index (χ3v) is 3.16. The van der Waals surface area contributed by atoms with Gasteiger partial charge in [0.1, 0.15) is 6.61 Å². The monoisotopic (exact) mass is 259 g/mol. The molecule has 0 saturated carbocycles. The van der Waals surface area contributed by atoms with Crippen LogP contribution in [0.3, 0.4) is 0 Å². The van der Waals surface area contributed by atoms with E-state index in [1.807, 2.05) is 0 Å². The molecule has 17 heavy (non-hydrogen) atoms. The second kappa shape index (κ2) is 5.76. The Morgan fingerprint density at radius 1 is 1.35 bits per heavy atom. The van der Waals surface area contributed by atoms with Crippen molar-refractivity contribution in [3.05, 3.63) is 35.9 Å². The molecule has 6 nitrogen and oxygen atoms in total. The van der Waals surface area contributed by atoms with Gasteiger partial charge in [0.2, 0.25) is 0 Å². The first-order chi connectivity index (χ1) is 7.95. The van der Waals surface area contributed by atoms with Crippen molar-refractivity contribution in [2.75, 3.05) is 6.54 Å². The maximum absolute atomic E-state index is 11.4. The predicted molar refractivity (Wildman–Crippen MR) is 60.6 cm³/mol. The van der Waals surface area contributed by atoms with E-state index in [0.717, 1.165) is 0 Å². The first kappa shape index (κ1) is 13.6. The molecule has 0 fully saturated rings. The summed E-state index contributed by atoms with van der Waals surface area (Å²) in [5.41, 5.74) is 5.80. The van der Waals surface area contributed by atoms with Gasteiger partial charge in [-0.25, -0.2) is 0 Å². The van der Waals surface area contributed by atoms with Crippen molar-refractivity contribution in [3.8, 4) is 0 Å². The minimum absolute atomic E-state index is 0.0638. The van der Waals surface area contributed by atoms with Crippen LogP contribution >= 0.6 is 0 Å². The maximum atomic E-state index is 11.4. The molecule has 1 aromatic carbocycles. The van der Waals surface area contributed by atoms with Crippen LogP contribution in [0.5, 0.6) is 0 Å². The number of hydrogen-bond donors (Lipinski definition) is 2. The van der Waals surface area contributed by atoms with Gasteiger partial charge in [-0.2, -0.15) is 8.42 Å². The lowest BCUT2D eigenvalue weighted by molar-refractivity contribution is -0.144. The van der Waals surface area contributed by atoms with Crippen molar-refractivity contribution < 1.29 is 22.5 Å². The smallest absolute Gasteiger partial charge is 0.328 e. The molecule has 0 saturated heterocycles. The summed E-state index contributed by atoms with van der Waals surface area (Å²) in [7, 11) is -4.52. The fraction of sp³-hybridized carbons (Fsp3) is 0.300. The number of hydrogen-bond acceptors (Lipinski definition) is 5. The van der Waals surface area contributed by atoms with Gasteiger partial charge in [0.25, 0.3) is 10.1 Å². The van der Waals surface area contributed by atoms with Crippen molar-refractivity contribution in [2.45, 2.75) is 11.9 Å². The fourth-order valence-corrected chi connectivity index (χ4v) is 1.72. The van der Waals surface area contributed by atoms with Crippen LogP contribution in [0, 0.1) is 0 Å². The van der Waals surface area contributed by atoms with Gasteiger partial charge in [0, 0.05) is 6.54 Å². The molecule has 0 spiro atoms. The minimum Gasteiger partial charge on any atom is -0.460 e. The molecule has 0 radical (unpaired) electrons. The molecular formula is C10H13NO5S. The van der Waals surface area contributed by atoms with E-state index in [1.165, 1.54) is 0 Å². The summed E-state index contributed by atoms with van der Waals surface area (Å²) in [4.78, 5) is 11.4. The number of carbonyl (C=O) groups excluding carboxylic acids is 1. The second-order valence-electron chi connectivity index (χ2n) is 3.33. The lowest BCUT2D eigenvalue weighted by atomic mass is 10.2. The first-order valence-electron chi connectivity index (χ1n) is 4.82. The highest BCUT2D eigenvalue weighted by Gasteiger charge is 2.31. The van der Waals surface area contributed by atoms with Crippen LogP contribution < -0.4 is 5.73 Å². The molecule has 0 aliphatic heterocycles. The predicted octanol–water partition coefficient (Wildman–Crippen LogP) is -0.0551. The van der Waals surface area contributed by atoms with Crippen LogP contribution in [0.2, 0.25) is 0 Å². The second-order valence-corrected chi connectivity index (χ2v) is 4.93. The van der Waals surface area contributed by atoms with Gasteiger partial charge in [0.15, 0.2) is 5.25 Å². The van der Waals surface area contributed by atoms with E-state index in [9.17, 15) is 13.2 Å². The number of carbonyl (C=O) groups is 1. The number of rotatable bonds is 5. The molecule has 0 aromatic heterocycles. The van der Waals surface area contributed by atoms with Crippen LogP contribution in [0.25, 0.3) is 0 Å². The Bertz CT molecular complexity index is 471. The number of esters is 1. The van der Waals surface area contributed by atoms with E-state index < -0.39 is 27.9 Å². The van der Waals surface area contributed by atoms with Crippen LogP contribution in [-0.2, 0) is 26.3 Å². The highest BCUT2D eigenvalue weighted by Crippen LogP contribution is 2.05. The summed E-state index contributed by atoms with van der Waals surface area (Å²) in [5.74, 6) is -1.06. The number of nitrogens with two attached hydrogens (primary N) is 1. The number of benzene rings is 1. The van der Waals surface area contributed by atoms with Gasteiger partial charge in [-0.3, -0.25) is 9.35 Å². The molecule has 0 amide bonds. The average molecular weight is 259 g/mol. The molecular weight excluding hydrogens is 246 g/mol. The fourth-order valence-electron chi connectivity index (χ4n) is 1.16. The lowest BCUT2D eigenvalue weighted by Gasteiger charge is -2.11. The molecule has 0 aliphatic carbocycles. The molecule has 3 N–H and O–H groups in total. The molecule has 1 aromatic rings. The van der Waals surface area contributed by atoms with Gasteiger partial charge in [-0.05, 0) is 5.56 Å².